The van der Waals surface area contributed by atoms with E-state index in [1.165, 1.54) is 25.7 Å². The maximum atomic E-state index is 3.99. The van der Waals surface area contributed by atoms with Gasteiger partial charge in [-0.05, 0) is 6.42 Å². The predicted octanol–water partition coefficient (Wildman–Crippen LogP) is 1.83. The second-order valence-electron chi connectivity index (χ2n) is 4.33. The van der Waals surface area contributed by atoms with E-state index in [1.807, 2.05) is 0 Å². The summed E-state index contributed by atoms with van der Waals surface area (Å²) in [6.07, 6.45) is 11.2. The molecule has 0 unspecified atom stereocenters. The molecule has 0 saturated carbocycles. The Morgan fingerprint density at radius 2 is 1.84 bits per heavy atom. The van der Waals surface area contributed by atoms with E-state index in [9.17, 15) is 0 Å². The van der Waals surface area contributed by atoms with Crippen LogP contribution in [0, 0.1) is 0 Å². The predicted molar refractivity (Wildman–Crippen MR) is 72.0 cm³/mol. The fourth-order valence-electron chi connectivity index (χ4n) is 1.70. The third-order valence-corrected chi connectivity index (χ3v) is 2.77. The molecule has 7 heteroatoms. The van der Waals surface area contributed by atoms with Crippen molar-refractivity contribution in [1.82, 2.24) is 29.9 Å². The van der Waals surface area contributed by atoms with Crippen LogP contribution in [-0.2, 0) is 0 Å². The molecule has 0 amide bonds. The molecule has 19 heavy (non-hydrogen) atoms. The van der Waals surface area contributed by atoms with Crippen LogP contribution in [0.1, 0.15) is 39.0 Å². The highest BCUT2D eigenvalue weighted by Gasteiger charge is 2.02. The highest BCUT2D eigenvalue weighted by atomic mass is 15.4. The number of nitrogens with zero attached hydrogens (tertiary/aromatic N) is 6. The average Bonchev–Trinajstić information content (AvgIpc) is 2.97. The minimum Gasteiger partial charge on any atom is -0.352 e. The highest BCUT2D eigenvalue weighted by Crippen LogP contribution is 2.03. The summed E-state index contributed by atoms with van der Waals surface area (Å²) in [4.78, 5) is 3.92. The molecule has 1 N–H and O–H groups in total. The molecule has 0 aromatic carbocycles. The van der Waals surface area contributed by atoms with Gasteiger partial charge in [-0.3, -0.25) is 4.57 Å². The fraction of sp³-hybridized carbons (Fsp3) is 0.583. The van der Waals surface area contributed by atoms with E-state index in [1.54, 1.807) is 23.3 Å². The molecule has 0 spiro atoms. The summed E-state index contributed by atoms with van der Waals surface area (Å²) in [7, 11) is 0. The van der Waals surface area contributed by atoms with Crippen LogP contribution in [-0.4, -0.2) is 36.5 Å². The molecule has 2 rings (SSSR count). The van der Waals surface area contributed by atoms with Crippen molar-refractivity contribution in [2.45, 2.75) is 39.0 Å². The molecular weight excluding hydrogens is 242 g/mol. The molecule has 0 aliphatic heterocycles. The van der Waals surface area contributed by atoms with Gasteiger partial charge in [0.2, 0.25) is 0 Å². The first-order chi connectivity index (χ1) is 9.40. The van der Waals surface area contributed by atoms with Crippen molar-refractivity contribution in [2.75, 3.05) is 11.9 Å². The van der Waals surface area contributed by atoms with E-state index in [-0.39, 0.29) is 0 Å². The Hall–Kier alpha value is -2.05. The van der Waals surface area contributed by atoms with Crippen molar-refractivity contribution in [1.29, 1.82) is 0 Å². The summed E-state index contributed by atoms with van der Waals surface area (Å²) in [6.45, 7) is 3.07. The van der Waals surface area contributed by atoms with Crippen LogP contribution in [0.5, 0.6) is 0 Å². The number of rotatable bonds is 8. The third kappa shape index (κ3) is 4.27. The molecule has 0 aliphatic rings. The Labute approximate surface area is 112 Å². The molecule has 2 aromatic rings. The van der Waals surface area contributed by atoms with Gasteiger partial charge in [-0.25, -0.2) is 4.98 Å². The Bertz CT molecular complexity index is 451. The van der Waals surface area contributed by atoms with Crippen LogP contribution < -0.4 is 5.32 Å². The van der Waals surface area contributed by atoms with E-state index in [2.05, 4.69) is 37.6 Å². The first kappa shape index (κ1) is 13.4. The van der Waals surface area contributed by atoms with E-state index in [0.717, 1.165) is 13.0 Å². The summed E-state index contributed by atoms with van der Waals surface area (Å²) in [5, 5.41) is 19.1. The van der Waals surface area contributed by atoms with Gasteiger partial charge in [-0.15, -0.1) is 20.4 Å². The first-order valence-electron chi connectivity index (χ1n) is 6.69. The standard InChI is InChI=1S/C12H19N7/c1-2-3-4-5-6-7-14-11-15-17-12(18-16-11)19-9-8-13-10-19/h8-10H,2-7H2,1H3,(H,14,15,16). The minimum atomic E-state index is 0.422. The Morgan fingerprint density at radius 3 is 2.53 bits per heavy atom. The van der Waals surface area contributed by atoms with Crippen LogP contribution in [0.15, 0.2) is 18.7 Å². The Morgan fingerprint density at radius 1 is 1.05 bits per heavy atom. The lowest BCUT2D eigenvalue weighted by atomic mass is 10.1. The topological polar surface area (TPSA) is 81.4 Å². The monoisotopic (exact) mass is 261 g/mol. The number of aromatic nitrogens is 6. The SMILES string of the molecule is CCCCCCCNc1nnc(-n2ccnc2)nn1. The molecule has 0 aliphatic carbocycles. The zero-order valence-corrected chi connectivity index (χ0v) is 11.2. The molecule has 0 radical (unpaired) electrons. The zero-order valence-electron chi connectivity index (χ0n) is 11.2. The van der Waals surface area contributed by atoms with Gasteiger partial charge in [0, 0.05) is 18.9 Å². The van der Waals surface area contributed by atoms with Crippen molar-refractivity contribution in [2.24, 2.45) is 0 Å². The van der Waals surface area contributed by atoms with Crippen molar-refractivity contribution in [3.8, 4) is 5.95 Å². The molecule has 0 fully saturated rings. The number of hydrogen-bond donors (Lipinski definition) is 1. The molecule has 0 bridgehead atoms. The lowest BCUT2D eigenvalue weighted by Gasteiger charge is -2.03. The van der Waals surface area contributed by atoms with Crippen LogP contribution in [0.3, 0.4) is 0 Å². The zero-order chi connectivity index (χ0) is 13.3. The maximum absolute atomic E-state index is 3.99. The number of imidazole rings is 1. The largest absolute Gasteiger partial charge is 0.352 e. The lowest BCUT2D eigenvalue weighted by molar-refractivity contribution is 0.642. The first-order valence-corrected chi connectivity index (χ1v) is 6.69. The van der Waals surface area contributed by atoms with Gasteiger partial charge in [0.05, 0.1) is 0 Å². The van der Waals surface area contributed by atoms with Gasteiger partial charge < -0.3 is 5.32 Å². The van der Waals surface area contributed by atoms with Gasteiger partial charge in [-0.1, -0.05) is 32.6 Å². The van der Waals surface area contributed by atoms with E-state index in [0.29, 0.717) is 11.9 Å². The highest BCUT2D eigenvalue weighted by molar-refractivity contribution is 5.20. The summed E-state index contributed by atoms with van der Waals surface area (Å²) in [5.41, 5.74) is 0. The summed E-state index contributed by atoms with van der Waals surface area (Å²) < 4.78 is 1.66. The number of unbranched alkanes of at least 4 members (excludes halogenated alkanes) is 4. The molecule has 0 atom stereocenters. The molecule has 2 aromatic heterocycles. The van der Waals surface area contributed by atoms with E-state index >= 15 is 0 Å². The summed E-state index contributed by atoms with van der Waals surface area (Å²) >= 11 is 0. The number of nitrogens with one attached hydrogen (secondary N) is 1. The van der Waals surface area contributed by atoms with Gasteiger partial charge in [-0.2, -0.15) is 0 Å². The lowest BCUT2D eigenvalue weighted by Crippen LogP contribution is -2.10. The molecule has 2 heterocycles. The summed E-state index contributed by atoms with van der Waals surface area (Å²) in [5.74, 6) is 0.894. The summed E-state index contributed by atoms with van der Waals surface area (Å²) in [6, 6.07) is 0. The number of hydrogen-bond acceptors (Lipinski definition) is 6. The van der Waals surface area contributed by atoms with Crippen molar-refractivity contribution >= 4 is 5.95 Å². The van der Waals surface area contributed by atoms with Gasteiger partial charge in [0.15, 0.2) is 0 Å². The van der Waals surface area contributed by atoms with Crippen LogP contribution >= 0.6 is 0 Å². The average molecular weight is 261 g/mol. The van der Waals surface area contributed by atoms with Crippen LogP contribution in [0.4, 0.5) is 5.95 Å². The Balaban J connectivity index is 1.73. The van der Waals surface area contributed by atoms with Crippen LogP contribution in [0.25, 0.3) is 5.95 Å². The molecule has 7 nitrogen and oxygen atoms in total. The van der Waals surface area contributed by atoms with Crippen molar-refractivity contribution in [3.05, 3.63) is 18.7 Å². The third-order valence-electron chi connectivity index (χ3n) is 2.77. The minimum absolute atomic E-state index is 0.422. The second kappa shape index (κ2) is 7.40. The smallest absolute Gasteiger partial charge is 0.274 e. The molecular formula is C12H19N7. The second-order valence-corrected chi connectivity index (χ2v) is 4.33. The maximum Gasteiger partial charge on any atom is 0.274 e. The van der Waals surface area contributed by atoms with Gasteiger partial charge in [0.25, 0.3) is 11.9 Å². The quantitative estimate of drug-likeness (QED) is 0.730. The van der Waals surface area contributed by atoms with Crippen molar-refractivity contribution in [3.63, 3.8) is 0 Å². The Kier molecular flexibility index (Phi) is 5.21. The molecule has 102 valence electrons. The molecule has 0 saturated heterocycles. The number of anilines is 1. The fourth-order valence-corrected chi connectivity index (χ4v) is 1.70. The van der Waals surface area contributed by atoms with Gasteiger partial charge >= 0.3 is 0 Å². The van der Waals surface area contributed by atoms with Crippen molar-refractivity contribution < 1.29 is 0 Å². The van der Waals surface area contributed by atoms with Gasteiger partial charge in [0.1, 0.15) is 6.33 Å². The van der Waals surface area contributed by atoms with Crippen LogP contribution in [0.2, 0.25) is 0 Å². The van der Waals surface area contributed by atoms with E-state index in [4.69, 9.17) is 0 Å². The van der Waals surface area contributed by atoms with E-state index < -0.39 is 0 Å². The normalized spacial score (nSPS) is 10.6.